The summed E-state index contributed by atoms with van der Waals surface area (Å²) in [6.07, 6.45) is 1.56. The van der Waals surface area contributed by atoms with Crippen LogP contribution in [0.1, 0.15) is 5.56 Å². The summed E-state index contributed by atoms with van der Waals surface area (Å²) in [5.41, 5.74) is 1.70. The Hall–Kier alpha value is -1.77. The third kappa shape index (κ3) is 2.99. The average molecular weight is 177 g/mol. The van der Waals surface area contributed by atoms with Crippen molar-refractivity contribution in [1.29, 1.82) is 0 Å². The van der Waals surface area contributed by atoms with Crippen molar-refractivity contribution in [2.45, 2.75) is 6.42 Å². The van der Waals surface area contributed by atoms with Crippen molar-refractivity contribution in [2.24, 2.45) is 0 Å². The van der Waals surface area contributed by atoms with Crippen LogP contribution in [0.3, 0.4) is 0 Å². The van der Waals surface area contributed by atoms with E-state index in [1.165, 1.54) is 0 Å². The highest BCUT2D eigenvalue weighted by atomic mass is 16.4. The van der Waals surface area contributed by atoms with Crippen molar-refractivity contribution in [3.63, 3.8) is 0 Å². The number of anilines is 1. The van der Waals surface area contributed by atoms with Crippen LogP contribution in [0.4, 0.5) is 10.5 Å². The molecule has 3 heteroatoms. The number of nitrogens with one attached hydrogen (secondary N) is 1. The molecule has 0 fully saturated rings. The normalized spacial score (nSPS) is 9.23. The number of amides is 1. The second-order valence-corrected chi connectivity index (χ2v) is 2.62. The summed E-state index contributed by atoms with van der Waals surface area (Å²) in [6, 6.07) is 7.19. The maximum atomic E-state index is 10.3. The molecule has 0 aliphatic carbocycles. The van der Waals surface area contributed by atoms with Gasteiger partial charge in [-0.15, -0.1) is 6.58 Å². The summed E-state index contributed by atoms with van der Waals surface area (Å²) in [7, 11) is 0. The molecule has 0 aliphatic rings. The molecule has 1 rings (SSSR count). The van der Waals surface area contributed by atoms with Gasteiger partial charge < -0.3 is 5.11 Å². The highest BCUT2D eigenvalue weighted by Crippen LogP contribution is 2.09. The smallest absolute Gasteiger partial charge is 0.409 e. The second kappa shape index (κ2) is 4.30. The van der Waals surface area contributed by atoms with Gasteiger partial charge in [-0.25, -0.2) is 4.79 Å². The summed E-state index contributed by atoms with van der Waals surface area (Å²) in [6.45, 7) is 3.62. The molecule has 3 nitrogen and oxygen atoms in total. The van der Waals surface area contributed by atoms with Gasteiger partial charge in [-0.2, -0.15) is 0 Å². The zero-order valence-corrected chi connectivity index (χ0v) is 7.16. The van der Waals surface area contributed by atoms with Crippen molar-refractivity contribution >= 4 is 11.8 Å². The highest BCUT2D eigenvalue weighted by molar-refractivity contribution is 5.82. The average Bonchev–Trinajstić information content (AvgIpc) is 2.08. The molecular weight excluding hydrogens is 166 g/mol. The molecule has 1 amide bonds. The third-order valence-electron chi connectivity index (χ3n) is 1.59. The minimum atomic E-state index is -1.04. The van der Waals surface area contributed by atoms with E-state index >= 15 is 0 Å². The quantitative estimate of drug-likeness (QED) is 0.697. The minimum Gasteiger partial charge on any atom is -0.465 e. The lowest BCUT2D eigenvalue weighted by Crippen LogP contribution is -2.06. The van der Waals surface area contributed by atoms with E-state index in [4.69, 9.17) is 5.11 Å². The van der Waals surface area contributed by atoms with Gasteiger partial charge in [0.2, 0.25) is 0 Å². The van der Waals surface area contributed by atoms with Gasteiger partial charge in [0.15, 0.2) is 0 Å². The van der Waals surface area contributed by atoms with E-state index in [0.29, 0.717) is 5.69 Å². The van der Waals surface area contributed by atoms with Crippen LogP contribution in [-0.4, -0.2) is 11.2 Å². The zero-order chi connectivity index (χ0) is 9.68. The van der Waals surface area contributed by atoms with Crippen LogP contribution in [0.2, 0.25) is 0 Å². The SMILES string of the molecule is C=CCc1ccc(NC(=O)O)cc1. The Kier molecular flexibility index (Phi) is 3.09. The molecule has 0 unspecified atom stereocenters. The first-order valence-electron chi connectivity index (χ1n) is 3.92. The van der Waals surface area contributed by atoms with E-state index in [1.807, 2.05) is 12.1 Å². The van der Waals surface area contributed by atoms with Gasteiger partial charge in [0, 0.05) is 5.69 Å². The zero-order valence-electron chi connectivity index (χ0n) is 7.16. The second-order valence-electron chi connectivity index (χ2n) is 2.62. The molecule has 1 aromatic rings. The van der Waals surface area contributed by atoms with Gasteiger partial charge in [-0.3, -0.25) is 5.32 Å². The van der Waals surface area contributed by atoms with Crippen LogP contribution in [0.25, 0.3) is 0 Å². The number of carbonyl (C=O) groups is 1. The molecule has 0 atom stereocenters. The Balaban J connectivity index is 2.69. The van der Waals surface area contributed by atoms with Crippen LogP contribution < -0.4 is 5.32 Å². The van der Waals surface area contributed by atoms with Gasteiger partial charge in [-0.1, -0.05) is 18.2 Å². The Labute approximate surface area is 76.7 Å². The molecule has 0 saturated carbocycles. The first kappa shape index (κ1) is 9.32. The molecule has 0 radical (unpaired) electrons. The van der Waals surface area contributed by atoms with Crippen LogP contribution in [0.5, 0.6) is 0 Å². The lowest BCUT2D eigenvalue weighted by atomic mass is 10.1. The van der Waals surface area contributed by atoms with Crippen molar-refractivity contribution < 1.29 is 9.90 Å². The van der Waals surface area contributed by atoms with Crippen LogP contribution in [0.15, 0.2) is 36.9 Å². The summed E-state index contributed by atoms with van der Waals surface area (Å²) in [4.78, 5) is 10.3. The number of hydrogen-bond donors (Lipinski definition) is 2. The molecule has 2 N–H and O–H groups in total. The molecule has 1 aromatic carbocycles. The molecule has 0 saturated heterocycles. The standard InChI is InChI=1S/C10H11NO2/c1-2-3-8-4-6-9(7-5-8)11-10(12)13/h2,4-7,11H,1,3H2,(H,12,13). The first-order chi connectivity index (χ1) is 6.22. The number of rotatable bonds is 3. The van der Waals surface area contributed by atoms with Crippen molar-refractivity contribution in [3.05, 3.63) is 42.5 Å². The van der Waals surface area contributed by atoms with Gasteiger partial charge in [0.25, 0.3) is 0 Å². The Morgan fingerprint density at radius 3 is 2.54 bits per heavy atom. The molecule has 0 aliphatic heterocycles. The molecule has 0 bridgehead atoms. The summed E-state index contributed by atoms with van der Waals surface area (Å²) >= 11 is 0. The van der Waals surface area contributed by atoms with Gasteiger partial charge in [-0.05, 0) is 24.1 Å². The van der Waals surface area contributed by atoms with E-state index in [0.717, 1.165) is 12.0 Å². The lowest BCUT2D eigenvalue weighted by molar-refractivity contribution is 0.210. The third-order valence-corrected chi connectivity index (χ3v) is 1.59. The Morgan fingerprint density at radius 1 is 1.46 bits per heavy atom. The van der Waals surface area contributed by atoms with E-state index < -0.39 is 6.09 Å². The predicted octanol–water partition coefficient (Wildman–Crippen LogP) is 2.50. The fourth-order valence-corrected chi connectivity index (χ4v) is 1.01. The van der Waals surface area contributed by atoms with Crippen LogP contribution >= 0.6 is 0 Å². The summed E-state index contributed by atoms with van der Waals surface area (Å²) in [5, 5.41) is 10.7. The van der Waals surface area contributed by atoms with Crippen LogP contribution in [0, 0.1) is 0 Å². The number of carboxylic acid groups (broad SMARTS) is 1. The number of allylic oxidation sites excluding steroid dienone is 1. The first-order valence-corrected chi connectivity index (χ1v) is 3.92. The molecule has 0 heterocycles. The molecular formula is C10H11NO2. The maximum absolute atomic E-state index is 10.3. The van der Waals surface area contributed by atoms with Crippen molar-refractivity contribution in [2.75, 3.05) is 5.32 Å². The summed E-state index contributed by atoms with van der Waals surface area (Å²) in [5.74, 6) is 0. The minimum absolute atomic E-state index is 0.584. The van der Waals surface area contributed by atoms with E-state index in [9.17, 15) is 4.79 Å². The highest BCUT2D eigenvalue weighted by Gasteiger charge is 1.96. The molecule has 0 aromatic heterocycles. The van der Waals surface area contributed by atoms with E-state index in [2.05, 4.69) is 11.9 Å². The van der Waals surface area contributed by atoms with E-state index in [-0.39, 0.29) is 0 Å². The number of hydrogen-bond acceptors (Lipinski definition) is 1. The van der Waals surface area contributed by atoms with Gasteiger partial charge in [0.1, 0.15) is 0 Å². The van der Waals surface area contributed by atoms with Crippen LogP contribution in [-0.2, 0) is 6.42 Å². The Bertz CT molecular complexity index is 303. The maximum Gasteiger partial charge on any atom is 0.409 e. The molecule has 13 heavy (non-hydrogen) atoms. The predicted molar refractivity (Wildman–Crippen MR) is 52.0 cm³/mol. The monoisotopic (exact) mass is 177 g/mol. The molecule has 0 spiro atoms. The van der Waals surface area contributed by atoms with E-state index in [1.54, 1.807) is 18.2 Å². The fourth-order valence-electron chi connectivity index (χ4n) is 1.01. The largest absolute Gasteiger partial charge is 0.465 e. The fraction of sp³-hybridized carbons (Fsp3) is 0.100. The summed E-state index contributed by atoms with van der Waals surface area (Å²) < 4.78 is 0. The number of benzene rings is 1. The van der Waals surface area contributed by atoms with Crippen molar-refractivity contribution in [3.8, 4) is 0 Å². The lowest BCUT2D eigenvalue weighted by Gasteiger charge is -2.01. The molecule has 68 valence electrons. The van der Waals surface area contributed by atoms with Gasteiger partial charge >= 0.3 is 6.09 Å². The Morgan fingerprint density at radius 2 is 2.08 bits per heavy atom. The van der Waals surface area contributed by atoms with Crippen molar-refractivity contribution in [1.82, 2.24) is 0 Å². The topological polar surface area (TPSA) is 49.3 Å². The van der Waals surface area contributed by atoms with Gasteiger partial charge in [0.05, 0.1) is 0 Å².